The number of halogens is 1. The van der Waals surface area contributed by atoms with Crippen LogP contribution in [0.2, 0.25) is 5.02 Å². The molecule has 0 aromatic heterocycles. The minimum absolute atomic E-state index is 0.605. The molecule has 2 heteroatoms. The minimum atomic E-state index is 0.605. The molecule has 0 saturated heterocycles. The molecule has 0 bridgehead atoms. The summed E-state index contributed by atoms with van der Waals surface area (Å²) >= 11 is 5.81. The lowest BCUT2D eigenvalue weighted by atomic mass is 9.89. The van der Waals surface area contributed by atoms with Crippen molar-refractivity contribution in [3.05, 3.63) is 34.3 Å². The molecule has 0 saturated carbocycles. The van der Waals surface area contributed by atoms with Gasteiger partial charge in [-0.2, -0.15) is 0 Å². The predicted molar refractivity (Wildman–Crippen MR) is 48.4 cm³/mol. The molecule has 1 aromatic carbocycles. The lowest BCUT2D eigenvalue weighted by Gasteiger charge is -2.18. The van der Waals surface area contributed by atoms with E-state index in [9.17, 15) is 0 Å². The van der Waals surface area contributed by atoms with Gasteiger partial charge in [-0.05, 0) is 34.9 Å². The molecular weight excluding hydrogens is 158 g/mol. The Morgan fingerprint density at radius 3 is 2.91 bits per heavy atom. The minimum Gasteiger partial charge on any atom is -0.326 e. The lowest BCUT2D eigenvalue weighted by Crippen LogP contribution is -2.08. The zero-order valence-electron chi connectivity index (χ0n) is 5.97. The van der Waals surface area contributed by atoms with Crippen LogP contribution >= 0.6 is 11.6 Å². The lowest BCUT2D eigenvalue weighted by molar-refractivity contribution is 1.25. The standard InChI is InChI=1S/C9H8ClN/c10-8-2-1-6-3-7(5-11)9(6)4-8/h1-4H,5,11H2. The summed E-state index contributed by atoms with van der Waals surface area (Å²) in [4.78, 5) is 0. The van der Waals surface area contributed by atoms with E-state index in [0.717, 1.165) is 5.02 Å². The van der Waals surface area contributed by atoms with Gasteiger partial charge in [0.05, 0.1) is 0 Å². The first-order valence-corrected chi connectivity index (χ1v) is 3.89. The molecule has 56 valence electrons. The third-order valence-electron chi connectivity index (χ3n) is 1.91. The van der Waals surface area contributed by atoms with Gasteiger partial charge < -0.3 is 5.73 Å². The predicted octanol–water partition coefficient (Wildman–Crippen LogP) is 2.15. The van der Waals surface area contributed by atoms with Crippen molar-refractivity contribution in [2.24, 2.45) is 5.73 Å². The Labute approximate surface area is 70.5 Å². The summed E-state index contributed by atoms with van der Waals surface area (Å²) in [6, 6.07) is 5.86. The van der Waals surface area contributed by atoms with Gasteiger partial charge >= 0.3 is 0 Å². The average molecular weight is 166 g/mol. The van der Waals surface area contributed by atoms with E-state index in [1.165, 1.54) is 16.7 Å². The van der Waals surface area contributed by atoms with Crippen LogP contribution in [0.4, 0.5) is 0 Å². The number of fused-ring (bicyclic) bond motifs is 1. The molecule has 2 rings (SSSR count). The van der Waals surface area contributed by atoms with E-state index in [2.05, 4.69) is 6.08 Å². The molecule has 0 amide bonds. The molecular formula is C9H8ClN. The quantitative estimate of drug-likeness (QED) is 0.678. The maximum absolute atomic E-state index is 5.81. The molecule has 1 aliphatic carbocycles. The van der Waals surface area contributed by atoms with Crippen molar-refractivity contribution in [2.75, 3.05) is 6.54 Å². The fourth-order valence-corrected chi connectivity index (χ4v) is 1.46. The van der Waals surface area contributed by atoms with Gasteiger partial charge in [-0.25, -0.2) is 0 Å². The van der Waals surface area contributed by atoms with Crippen LogP contribution in [-0.2, 0) is 0 Å². The summed E-state index contributed by atoms with van der Waals surface area (Å²) in [6.07, 6.45) is 2.09. The number of rotatable bonds is 1. The Morgan fingerprint density at radius 1 is 1.36 bits per heavy atom. The van der Waals surface area contributed by atoms with Crippen molar-refractivity contribution in [1.82, 2.24) is 0 Å². The van der Waals surface area contributed by atoms with Crippen LogP contribution < -0.4 is 5.73 Å². The summed E-state index contributed by atoms with van der Waals surface area (Å²) in [5, 5.41) is 0.780. The zero-order chi connectivity index (χ0) is 7.84. The molecule has 1 aliphatic rings. The summed E-state index contributed by atoms with van der Waals surface area (Å²) < 4.78 is 0. The normalized spacial score (nSPS) is 13.5. The highest BCUT2D eigenvalue weighted by atomic mass is 35.5. The Hall–Kier alpha value is -0.790. The van der Waals surface area contributed by atoms with Gasteiger partial charge in [-0.1, -0.05) is 17.7 Å². The van der Waals surface area contributed by atoms with Crippen LogP contribution in [0.25, 0.3) is 11.6 Å². The highest BCUT2D eigenvalue weighted by molar-refractivity contribution is 6.31. The fraction of sp³-hybridized carbons (Fsp3) is 0.111. The van der Waals surface area contributed by atoms with Crippen LogP contribution in [0.1, 0.15) is 11.1 Å². The van der Waals surface area contributed by atoms with Gasteiger partial charge in [-0.15, -0.1) is 0 Å². The topological polar surface area (TPSA) is 26.0 Å². The third kappa shape index (κ3) is 0.971. The van der Waals surface area contributed by atoms with Crippen molar-refractivity contribution in [1.29, 1.82) is 0 Å². The molecule has 0 aliphatic heterocycles. The van der Waals surface area contributed by atoms with Gasteiger partial charge in [0.2, 0.25) is 0 Å². The van der Waals surface area contributed by atoms with Gasteiger partial charge in [0, 0.05) is 11.6 Å². The number of hydrogen-bond acceptors (Lipinski definition) is 1. The van der Waals surface area contributed by atoms with Crippen LogP contribution in [0.5, 0.6) is 0 Å². The molecule has 0 spiro atoms. The van der Waals surface area contributed by atoms with E-state index in [1.54, 1.807) is 0 Å². The van der Waals surface area contributed by atoms with Crippen LogP contribution in [0, 0.1) is 0 Å². The first kappa shape index (κ1) is 6.89. The van der Waals surface area contributed by atoms with Crippen molar-refractivity contribution < 1.29 is 0 Å². The monoisotopic (exact) mass is 165 g/mol. The zero-order valence-corrected chi connectivity index (χ0v) is 6.73. The average Bonchev–Trinajstić information content (AvgIpc) is 1.97. The summed E-state index contributed by atoms with van der Waals surface area (Å²) in [5.74, 6) is 0. The number of hydrogen-bond donors (Lipinski definition) is 1. The van der Waals surface area contributed by atoms with Gasteiger partial charge in [0.15, 0.2) is 0 Å². The van der Waals surface area contributed by atoms with E-state index in [4.69, 9.17) is 17.3 Å². The first-order valence-electron chi connectivity index (χ1n) is 3.52. The second kappa shape index (κ2) is 2.36. The molecule has 1 nitrogen and oxygen atoms in total. The molecule has 1 aromatic rings. The largest absolute Gasteiger partial charge is 0.326 e. The maximum atomic E-state index is 5.81. The van der Waals surface area contributed by atoms with Gasteiger partial charge in [0.25, 0.3) is 0 Å². The SMILES string of the molecule is NCC1=Cc2ccc(Cl)cc21. The summed E-state index contributed by atoms with van der Waals surface area (Å²) in [6.45, 7) is 0.605. The molecule has 0 fully saturated rings. The van der Waals surface area contributed by atoms with Crippen molar-refractivity contribution in [3.63, 3.8) is 0 Å². The van der Waals surface area contributed by atoms with Crippen LogP contribution in [0.3, 0.4) is 0 Å². The van der Waals surface area contributed by atoms with Crippen molar-refractivity contribution in [2.45, 2.75) is 0 Å². The van der Waals surface area contributed by atoms with E-state index in [-0.39, 0.29) is 0 Å². The van der Waals surface area contributed by atoms with Crippen LogP contribution in [-0.4, -0.2) is 6.54 Å². The molecule has 0 atom stereocenters. The first-order chi connectivity index (χ1) is 5.31. The van der Waals surface area contributed by atoms with Crippen molar-refractivity contribution in [3.8, 4) is 0 Å². The van der Waals surface area contributed by atoms with E-state index >= 15 is 0 Å². The third-order valence-corrected chi connectivity index (χ3v) is 2.15. The summed E-state index contributed by atoms with van der Waals surface area (Å²) in [7, 11) is 0. The molecule has 0 unspecified atom stereocenters. The second-order valence-corrected chi connectivity index (χ2v) is 3.04. The highest BCUT2D eigenvalue weighted by Crippen LogP contribution is 2.33. The van der Waals surface area contributed by atoms with Crippen molar-refractivity contribution >= 4 is 23.3 Å². The molecule has 0 heterocycles. The van der Waals surface area contributed by atoms with Gasteiger partial charge in [-0.3, -0.25) is 0 Å². The van der Waals surface area contributed by atoms with Gasteiger partial charge in [0.1, 0.15) is 0 Å². The summed E-state index contributed by atoms with van der Waals surface area (Å²) in [5.41, 5.74) is 9.14. The number of benzene rings is 1. The molecule has 11 heavy (non-hydrogen) atoms. The Bertz CT molecular complexity index is 328. The molecule has 2 N–H and O–H groups in total. The second-order valence-electron chi connectivity index (χ2n) is 2.61. The van der Waals surface area contributed by atoms with E-state index in [0.29, 0.717) is 6.54 Å². The Morgan fingerprint density at radius 2 is 2.18 bits per heavy atom. The highest BCUT2D eigenvalue weighted by Gasteiger charge is 2.13. The van der Waals surface area contributed by atoms with Crippen LogP contribution in [0.15, 0.2) is 18.2 Å². The Balaban J connectivity index is 2.44. The fourth-order valence-electron chi connectivity index (χ4n) is 1.29. The number of nitrogens with two attached hydrogens (primary N) is 1. The molecule has 0 radical (unpaired) electrons. The maximum Gasteiger partial charge on any atom is 0.0412 e. The smallest absolute Gasteiger partial charge is 0.0412 e. The Kier molecular flexibility index (Phi) is 1.48. The van der Waals surface area contributed by atoms with E-state index < -0.39 is 0 Å². The van der Waals surface area contributed by atoms with E-state index in [1.807, 2.05) is 18.2 Å².